The monoisotopic (exact) mass is 694 g/mol. The maximum atomic E-state index is 6.69. The van der Waals surface area contributed by atoms with Crippen LogP contribution in [0.4, 0.5) is 11.4 Å². The maximum Gasteiger partial charge on any atom is 0.333 e. The smallest absolute Gasteiger partial charge is 0.333 e. The zero-order chi connectivity index (χ0) is 35.9. The van der Waals surface area contributed by atoms with E-state index in [9.17, 15) is 0 Å². The highest BCUT2D eigenvalue weighted by molar-refractivity contribution is 6.94. The number of unbranched alkanes of at least 4 members (excludes halogenated alkanes) is 2. The highest BCUT2D eigenvalue weighted by Gasteiger charge is 2.44. The van der Waals surface area contributed by atoms with Crippen LogP contribution in [0.1, 0.15) is 37.3 Å². The number of benzene rings is 7. The number of furan rings is 1. The first kappa shape index (κ1) is 31.3. The molecule has 258 valence electrons. The second-order valence-electron chi connectivity index (χ2n) is 15.2. The van der Waals surface area contributed by atoms with Gasteiger partial charge in [-0.2, -0.15) is 0 Å². The van der Waals surface area contributed by atoms with Crippen molar-refractivity contribution in [1.29, 1.82) is 0 Å². The van der Waals surface area contributed by atoms with Crippen LogP contribution in [0.15, 0.2) is 156 Å². The Labute approximate surface area is 316 Å². The third kappa shape index (κ3) is 4.62. The van der Waals surface area contributed by atoms with Gasteiger partial charge >= 0.3 is 6.85 Å². The number of para-hydroxylation sites is 2. The fourth-order valence-electron chi connectivity index (χ4n) is 9.32. The average Bonchev–Trinajstić information content (AvgIpc) is 3.80. The quantitative estimate of drug-likeness (QED) is 0.122. The van der Waals surface area contributed by atoms with E-state index < -0.39 is 0 Å². The molecule has 0 N–H and O–H groups in total. The van der Waals surface area contributed by atoms with Gasteiger partial charge in [-0.25, -0.2) is 0 Å². The van der Waals surface area contributed by atoms with Crippen molar-refractivity contribution in [3.05, 3.63) is 163 Å². The van der Waals surface area contributed by atoms with Gasteiger partial charge in [-0.3, -0.25) is 0 Å². The second-order valence-corrected chi connectivity index (χ2v) is 15.2. The zero-order valence-corrected chi connectivity index (χ0v) is 30.6. The number of aromatic nitrogens is 1. The molecule has 0 atom stereocenters. The van der Waals surface area contributed by atoms with Crippen molar-refractivity contribution in [3.63, 3.8) is 0 Å². The van der Waals surface area contributed by atoms with Crippen LogP contribution in [0.5, 0.6) is 0 Å². The summed E-state index contributed by atoms with van der Waals surface area (Å²) in [7, 11) is 0. The van der Waals surface area contributed by atoms with Gasteiger partial charge in [0.15, 0.2) is 0 Å². The molecule has 2 aliphatic heterocycles. The molecule has 0 saturated carbocycles. The van der Waals surface area contributed by atoms with Crippen molar-refractivity contribution >= 4 is 61.9 Å². The van der Waals surface area contributed by atoms with E-state index in [1.807, 2.05) is 0 Å². The zero-order valence-electron chi connectivity index (χ0n) is 30.6. The first-order valence-electron chi connectivity index (χ1n) is 19.4. The molecule has 4 heteroatoms. The van der Waals surface area contributed by atoms with Crippen LogP contribution < -0.4 is 15.7 Å². The van der Waals surface area contributed by atoms with Gasteiger partial charge in [0, 0.05) is 50.4 Å². The predicted octanol–water partition coefficient (Wildman–Crippen LogP) is 12.1. The van der Waals surface area contributed by atoms with E-state index in [-0.39, 0.29) is 6.85 Å². The normalized spacial score (nSPS) is 12.9. The minimum Gasteiger partial charge on any atom is -0.456 e. The fourth-order valence-corrected chi connectivity index (χ4v) is 9.32. The summed E-state index contributed by atoms with van der Waals surface area (Å²) in [5.41, 5.74) is 18.5. The van der Waals surface area contributed by atoms with Gasteiger partial charge in [-0.1, -0.05) is 135 Å². The molecular weight excluding hydrogens is 655 g/mol. The average molecular weight is 695 g/mol. The summed E-state index contributed by atoms with van der Waals surface area (Å²) in [5.74, 6) is 0.887. The van der Waals surface area contributed by atoms with Crippen molar-refractivity contribution < 1.29 is 4.42 Å². The van der Waals surface area contributed by atoms with E-state index >= 15 is 0 Å². The Morgan fingerprint density at radius 3 is 2.24 bits per heavy atom. The molecule has 0 saturated heterocycles. The summed E-state index contributed by atoms with van der Waals surface area (Å²) in [6.45, 7) is 4.39. The molecule has 0 spiro atoms. The van der Waals surface area contributed by atoms with Gasteiger partial charge < -0.3 is 13.8 Å². The Morgan fingerprint density at radius 1 is 0.630 bits per heavy atom. The summed E-state index contributed by atoms with van der Waals surface area (Å²) in [6.07, 6.45) is 4.87. The lowest BCUT2D eigenvalue weighted by Crippen LogP contribution is -2.60. The lowest BCUT2D eigenvalue weighted by molar-refractivity contribution is 0.631. The number of hydrogen-bond acceptors (Lipinski definition) is 2. The number of anilines is 2. The van der Waals surface area contributed by atoms with Gasteiger partial charge in [0.2, 0.25) is 0 Å². The molecule has 2 aliphatic rings. The molecule has 2 aromatic heterocycles. The summed E-state index contributed by atoms with van der Waals surface area (Å²) < 4.78 is 9.24. The van der Waals surface area contributed by atoms with Gasteiger partial charge in [0.1, 0.15) is 11.3 Å². The Bertz CT molecular complexity index is 2900. The molecule has 9 aromatic rings. The van der Waals surface area contributed by atoms with E-state index in [2.05, 4.69) is 175 Å². The summed E-state index contributed by atoms with van der Waals surface area (Å²) >= 11 is 0. The van der Waals surface area contributed by atoms with E-state index in [1.165, 1.54) is 102 Å². The van der Waals surface area contributed by atoms with Crippen LogP contribution in [0.25, 0.3) is 72.0 Å². The number of nitrogens with zero attached hydrogens (tertiary/aromatic N) is 2. The van der Waals surface area contributed by atoms with Gasteiger partial charge in [0.05, 0.1) is 11.0 Å². The highest BCUT2D eigenvalue weighted by atomic mass is 16.3. The Hall–Kier alpha value is -6.26. The Balaban J connectivity index is 1.25. The summed E-state index contributed by atoms with van der Waals surface area (Å²) in [6, 6.07) is 56.4. The lowest BCUT2D eigenvalue weighted by Gasteiger charge is -2.42. The molecule has 11 rings (SSSR count). The SMILES string of the molecule is CCCCCc1ccc(-c2cc3c4c5c2c2ccccc2n5-c2cc5oc(-c6ccccc6)cc5cc2B4N(c2ccc(C)cc2)c2ccccc2-3)cc1. The van der Waals surface area contributed by atoms with Gasteiger partial charge in [-0.15, -0.1) is 0 Å². The maximum absolute atomic E-state index is 6.69. The van der Waals surface area contributed by atoms with Crippen molar-refractivity contribution in [1.82, 2.24) is 4.57 Å². The van der Waals surface area contributed by atoms with Crippen molar-refractivity contribution in [2.45, 2.75) is 39.5 Å². The van der Waals surface area contributed by atoms with E-state index in [4.69, 9.17) is 4.42 Å². The van der Waals surface area contributed by atoms with Crippen LogP contribution in [-0.2, 0) is 6.42 Å². The van der Waals surface area contributed by atoms with Gasteiger partial charge in [0.25, 0.3) is 0 Å². The Morgan fingerprint density at radius 2 is 1.41 bits per heavy atom. The molecule has 0 unspecified atom stereocenters. The molecule has 0 bridgehead atoms. The van der Waals surface area contributed by atoms with Crippen molar-refractivity contribution in [2.24, 2.45) is 0 Å². The third-order valence-corrected chi connectivity index (χ3v) is 11.9. The van der Waals surface area contributed by atoms with Crippen LogP contribution in [0, 0.1) is 6.92 Å². The number of fused-ring (bicyclic) bond motifs is 9. The van der Waals surface area contributed by atoms with E-state index in [0.29, 0.717) is 0 Å². The van der Waals surface area contributed by atoms with E-state index in [0.717, 1.165) is 28.7 Å². The second kappa shape index (κ2) is 12.1. The first-order valence-corrected chi connectivity index (χ1v) is 19.4. The highest BCUT2D eigenvalue weighted by Crippen LogP contribution is 2.48. The molecule has 0 amide bonds. The topological polar surface area (TPSA) is 21.3 Å². The molecule has 0 fully saturated rings. The number of aryl methyl sites for hydroxylation is 2. The molecule has 0 aliphatic carbocycles. The predicted molar refractivity (Wildman–Crippen MR) is 228 cm³/mol. The standard InChI is InChI=1S/C50H39BN2O/c1-3-4-6-13-33-22-24-34(25-23-33)40-30-41-38-16-9-12-19-44(38)53(37-26-20-32(2)21-27-37)51-42-28-36-29-46(35-14-7-5-8-15-35)54-47(36)31-45(42)52-43-18-11-10-17-39(43)48(40)50(52)49(41)51/h5,7-12,14-31H,3-4,6,13H2,1-2H3. The largest absolute Gasteiger partial charge is 0.456 e. The molecule has 7 aromatic carbocycles. The lowest BCUT2D eigenvalue weighted by atomic mass is 9.43. The van der Waals surface area contributed by atoms with Gasteiger partial charge in [-0.05, 0) is 89.3 Å². The van der Waals surface area contributed by atoms with Crippen LogP contribution >= 0.6 is 0 Å². The van der Waals surface area contributed by atoms with Crippen molar-refractivity contribution in [3.8, 4) is 39.3 Å². The van der Waals surface area contributed by atoms with Crippen molar-refractivity contribution in [2.75, 3.05) is 4.81 Å². The minimum absolute atomic E-state index is 0.0543. The molecular formula is C50H39BN2O. The Kier molecular flexibility index (Phi) is 7.04. The molecule has 3 nitrogen and oxygen atoms in total. The number of rotatable bonds is 7. The minimum atomic E-state index is -0.0543. The number of hydrogen-bond donors (Lipinski definition) is 0. The first-order chi connectivity index (χ1) is 26.7. The molecule has 54 heavy (non-hydrogen) atoms. The van der Waals surface area contributed by atoms with Crippen LogP contribution in [0.2, 0.25) is 0 Å². The molecule has 0 radical (unpaired) electrons. The fraction of sp³-hybridized carbons (Fsp3) is 0.120. The summed E-state index contributed by atoms with van der Waals surface area (Å²) in [5, 5.41) is 3.70. The van der Waals surface area contributed by atoms with E-state index in [1.54, 1.807) is 0 Å². The molecule has 4 heterocycles. The van der Waals surface area contributed by atoms with Crippen LogP contribution in [-0.4, -0.2) is 11.4 Å². The summed E-state index contributed by atoms with van der Waals surface area (Å²) in [4.78, 5) is 2.59. The third-order valence-electron chi connectivity index (χ3n) is 11.9. The van der Waals surface area contributed by atoms with Crippen LogP contribution in [0.3, 0.4) is 0 Å².